The van der Waals surface area contributed by atoms with Crippen molar-refractivity contribution < 1.29 is 28.2 Å². The molecule has 1 fully saturated rings. The van der Waals surface area contributed by atoms with Crippen molar-refractivity contribution in [2.45, 2.75) is 43.9 Å². The molecule has 88 valence electrons. The molecule has 0 aromatic heterocycles. The van der Waals surface area contributed by atoms with Crippen LogP contribution >= 0.6 is 0 Å². The molecule has 1 aliphatic carbocycles. The number of alkyl halides is 3. The maximum absolute atomic E-state index is 12.6. The SMILES string of the molecule is O=C(O)CC1CCCCC1(O)C(F)(F)F. The van der Waals surface area contributed by atoms with Crippen molar-refractivity contribution >= 4 is 5.97 Å². The lowest BCUT2D eigenvalue weighted by atomic mass is 9.73. The molecule has 1 saturated carbocycles. The van der Waals surface area contributed by atoms with Crippen LogP contribution in [0.15, 0.2) is 0 Å². The molecule has 0 aromatic carbocycles. The van der Waals surface area contributed by atoms with Gasteiger partial charge in [0.05, 0.1) is 6.42 Å². The topological polar surface area (TPSA) is 57.5 Å². The van der Waals surface area contributed by atoms with Crippen LogP contribution < -0.4 is 0 Å². The molecule has 0 spiro atoms. The van der Waals surface area contributed by atoms with Crippen molar-refractivity contribution in [1.82, 2.24) is 0 Å². The maximum Gasteiger partial charge on any atom is 0.417 e. The summed E-state index contributed by atoms with van der Waals surface area (Å²) in [7, 11) is 0. The lowest BCUT2D eigenvalue weighted by molar-refractivity contribution is -0.288. The molecule has 1 aliphatic rings. The average Bonchev–Trinajstić information content (AvgIpc) is 2.06. The number of rotatable bonds is 2. The first-order chi connectivity index (χ1) is 6.77. The quantitative estimate of drug-likeness (QED) is 0.756. The third-order valence-corrected chi connectivity index (χ3v) is 2.95. The van der Waals surface area contributed by atoms with E-state index in [1.54, 1.807) is 0 Å². The van der Waals surface area contributed by atoms with E-state index in [1.807, 2.05) is 0 Å². The molecule has 2 atom stereocenters. The second-order valence-corrected chi connectivity index (χ2v) is 3.96. The molecule has 0 heterocycles. The first-order valence-corrected chi connectivity index (χ1v) is 4.78. The van der Waals surface area contributed by atoms with E-state index in [-0.39, 0.29) is 12.8 Å². The highest BCUT2D eigenvalue weighted by Gasteiger charge is 2.58. The average molecular weight is 226 g/mol. The van der Waals surface area contributed by atoms with Gasteiger partial charge in [-0.3, -0.25) is 4.79 Å². The van der Waals surface area contributed by atoms with Crippen molar-refractivity contribution in [2.24, 2.45) is 5.92 Å². The number of carboxylic acid groups (broad SMARTS) is 1. The Labute approximate surface area is 84.9 Å². The molecule has 0 saturated heterocycles. The van der Waals surface area contributed by atoms with Gasteiger partial charge in [0.15, 0.2) is 5.60 Å². The van der Waals surface area contributed by atoms with Crippen LogP contribution in [0.4, 0.5) is 13.2 Å². The minimum Gasteiger partial charge on any atom is -0.481 e. The third-order valence-electron chi connectivity index (χ3n) is 2.95. The standard InChI is InChI=1S/C9H13F3O3/c10-9(11,12)8(15)4-2-1-3-6(8)5-7(13)14/h6,15H,1-5H2,(H,13,14). The van der Waals surface area contributed by atoms with Crippen LogP contribution in [0.1, 0.15) is 32.1 Å². The summed E-state index contributed by atoms with van der Waals surface area (Å²) in [6, 6.07) is 0. The van der Waals surface area contributed by atoms with Gasteiger partial charge in [-0.2, -0.15) is 13.2 Å². The molecular weight excluding hydrogens is 213 g/mol. The van der Waals surface area contributed by atoms with E-state index < -0.39 is 36.5 Å². The monoisotopic (exact) mass is 226 g/mol. The Kier molecular flexibility index (Phi) is 3.28. The molecular formula is C9H13F3O3. The Hall–Kier alpha value is -0.780. The van der Waals surface area contributed by atoms with Gasteiger partial charge < -0.3 is 10.2 Å². The highest BCUT2D eigenvalue weighted by atomic mass is 19.4. The van der Waals surface area contributed by atoms with Gasteiger partial charge in [-0.05, 0) is 12.8 Å². The molecule has 0 bridgehead atoms. The summed E-state index contributed by atoms with van der Waals surface area (Å²) < 4.78 is 37.7. The Bertz CT molecular complexity index is 251. The molecule has 2 N–H and O–H groups in total. The van der Waals surface area contributed by atoms with Gasteiger partial charge in [0.1, 0.15) is 0 Å². The summed E-state index contributed by atoms with van der Waals surface area (Å²) in [5.74, 6) is -2.52. The second-order valence-electron chi connectivity index (χ2n) is 3.96. The van der Waals surface area contributed by atoms with Crippen LogP contribution in [-0.2, 0) is 4.79 Å². The van der Waals surface area contributed by atoms with E-state index in [0.717, 1.165) is 0 Å². The number of hydrogen-bond acceptors (Lipinski definition) is 2. The van der Waals surface area contributed by atoms with Crippen LogP contribution in [0, 0.1) is 5.92 Å². The number of halogens is 3. The van der Waals surface area contributed by atoms with Gasteiger partial charge in [0.25, 0.3) is 0 Å². The van der Waals surface area contributed by atoms with E-state index in [4.69, 9.17) is 5.11 Å². The summed E-state index contributed by atoms with van der Waals surface area (Å²) in [6.45, 7) is 0. The fourth-order valence-electron chi connectivity index (χ4n) is 2.08. The highest BCUT2D eigenvalue weighted by molar-refractivity contribution is 5.67. The van der Waals surface area contributed by atoms with Crippen molar-refractivity contribution in [3.63, 3.8) is 0 Å². The Morgan fingerprint density at radius 3 is 2.47 bits per heavy atom. The fraction of sp³-hybridized carbons (Fsp3) is 0.889. The Morgan fingerprint density at radius 1 is 1.40 bits per heavy atom. The van der Waals surface area contributed by atoms with Crippen LogP contribution in [-0.4, -0.2) is 28.0 Å². The van der Waals surface area contributed by atoms with E-state index >= 15 is 0 Å². The lowest BCUT2D eigenvalue weighted by Crippen LogP contribution is -2.53. The van der Waals surface area contributed by atoms with Gasteiger partial charge in [-0.1, -0.05) is 12.8 Å². The van der Waals surface area contributed by atoms with Crippen LogP contribution in [0.25, 0.3) is 0 Å². The predicted octanol–water partition coefficient (Wildman–Crippen LogP) is 1.94. The van der Waals surface area contributed by atoms with Gasteiger partial charge in [-0.25, -0.2) is 0 Å². The fourth-order valence-corrected chi connectivity index (χ4v) is 2.08. The van der Waals surface area contributed by atoms with E-state index in [2.05, 4.69) is 0 Å². The number of aliphatic carboxylic acids is 1. The summed E-state index contributed by atoms with van der Waals surface area (Å²) in [5, 5.41) is 18.0. The minimum absolute atomic E-state index is 0.113. The summed E-state index contributed by atoms with van der Waals surface area (Å²) in [5.41, 5.74) is -2.82. The van der Waals surface area contributed by atoms with Crippen molar-refractivity contribution in [1.29, 1.82) is 0 Å². The predicted molar refractivity (Wildman–Crippen MR) is 45.2 cm³/mol. The van der Waals surface area contributed by atoms with Gasteiger partial charge in [0, 0.05) is 5.92 Å². The van der Waals surface area contributed by atoms with E-state index in [1.165, 1.54) is 0 Å². The molecule has 15 heavy (non-hydrogen) atoms. The Balaban J connectivity index is 2.86. The van der Waals surface area contributed by atoms with Crippen molar-refractivity contribution in [2.75, 3.05) is 0 Å². The molecule has 0 amide bonds. The molecule has 1 rings (SSSR count). The second kappa shape index (κ2) is 4.00. The van der Waals surface area contributed by atoms with E-state index in [9.17, 15) is 23.1 Å². The number of carboxylic acids is 1. The van der Waals surface area contributed by atoms with Crippen LogP contribution in [0.2, 0.25) is 0 Å². The van der Waals surface area contributed by atoms with Gasteiger partial charge >= 0.3 is 12.1 Å². The smallest absolute Gasteiger partial charge is 0.417 e. The third kappa shape index (κ3) is 2.42. The highest BCUT2D eigenvalue weighted by Crippen LogP contribution is 2.46. The maximum atomic E-state index is 12.6. The molecule has 3 nitrogen and oxygen atoms in total. The zero-order chi connectivity index (χ0) is 11.7. The zero-order valence-corrected chi connectivity index (χ0v) is 8.05. The number of aliphatic hydroxyl groups is 1. The lowest BCUT2D eigenvalue weighted by Gasteiger charge is -2.40. The van der Waals surface area contributed by atoms with Gasteiger partial charge in [-0.15, -0.1) is 0 Å². The molecule has 2 unspecified atom stereocenters. The minimum atomic E-state index is -4.74. The van der Waals surface area contributed by atoms with Crippen LogP contribution in [0.3, 0.4) is 0 Å². The van der Waals surface area contributed by atoms with Crippen LogP contribution in [0.5, 0.6) is 0 Å². The molecule has 0 radical (unpaired) electrons. The summed E-state index contributed by atoms with van der Waals surface area (Å²) >= 11 is 0. The number of carbonyl (C=O) groups is 1. The first-order valence-electron chi connectivity index (χ1n) is 4.78. The normalized spacial score (nSPS) is 32.7. The molecule has 0 aliphatic heterocycles. The van der Waals surface area contributed by atoms with Crippen molar-refractivity contribution in [3.8, 4) is 0 Å². The summed E-state index contributed by atoms with van der Waals surface area (Å²) in [4.78, 5) is 10.4. The summed E-state index contributed by atoms with van der Waals surface area (Å²) in [6.07, 6.45) is -4.83. The Morgan fingerprint density at radius 2 is 2.00 bits per heavy atom. The largest absolute Gasteiger partial charge is 0.481 e. The van der Waals surface area contributed by atoms with Gasteiger partial charge in [0.2, 0.25) is 0 Å². The number of hydrogen-bond donors (Lipinski definition) is 2. The van der Waals surface area contributed by atoms with Crippen molar-refractivity contribution in [3.05, 3.63) is 0 Å². The molecule has 0 aromatic rings. The molecule has 6 heteroatoms. The first kappa shape index (κ1) is 12.3. The zero-order valence-electron chi connectivity index (χ0n) is 8.05. The van der Waals surface area contributed by atoms with E-state index in [0.29, 0.717) is 6.42 Å².